The second-order valence-corrected chi connectivity index (χ2v) is 2.23. The minimum atomic E-state index is -0.852. The Kier molecular flexibility index (Phi) is 9.43. The quantitative estimate of drug-likeness (QED) is 0.288. The van der Waals surface area contributed by atoms with Crippen molar-refractivity contribution in [3.05, 3.63) is 0 Å². The Morgan fingerprint density at radius 3 is 1.50 bits per heavy atom. The molecule has 0 aliphatic heterocycles. The third-order valence-corrected chi connectivity index (χ3v) is 1.33. The molecular weight excluding hydrogens is 158 g/mol. The fraction of sp³-hybridized carbons (Fsp3) is 0.833. The molecule has 6 heteroatoms. The number of urea groups is 1. The fourth-order valence-corrected chi connectivity index (χ4v) is 0.224. The highest BCUT2D eigenvalue weighted by molar-refractivity contribution is 5.70. The lowest BCUT2D eigenvalue weighted by molar-refractivity contribution is 0.210. The molecule has 0 spiro atoms. The Labute approximate surface area is 73.2 Å². The molecule has 6 N–H and O–H groups in total. The number of rotatable bonds is 2. The van der Waals surface area contributed by atoms with Gasteiger partial charge in [0.25, 0.3) is 0 Å². The number of nitrogens with two attached hydrogens (primary N) is 3. The van der Waals surface area contributed by atoms with Crippen molar-refractivity contribution < 1.29 is 4.79 Å². The summed E-state index contributed by atoms with van der Waals surface area (Å²) in [5.41, 5.74) is 4.47. The van der Waals surface area contributed by atoms with Gasteiger partial charge in [-0.1, -0.05) is 13.8 Å². The van der Waals surface area contributed by atoms with Gasteiger partial charge < -0.3 is 10.6 Å². The van der Waals surface area contributed by atoms with Crippen molar-refractivity contribution in [2.45, 2.75) is 13.8 Å². The molecule has 0 heterocycles. The van der Waals surface area contributed by atoms with Crippen LogP contribution in [0.4, 0.5) is 4.79 Å². The molecule has 0 bridgehead atoms. The van der Waals surface area contributed by atoms with Crippen LogP contribution in [0.3, 0.4) is 0 Å². The van der Waals surface area contributed by atoms with Crippen molar-refractivity contribution >= 4 is 6.03 Å². The minimum Gasteiger partial charge on any atom is -0.349 e. The Hall–Kier alpha value is -0.850. The summed E-state index contributed by atoms with van der Waals surface area (Å²) in [7, 11) is 2.11. The van der Waals surface area contributed by atoms with Gasteiger partial charge in [-0.15, -0.1) is 0 Å². The summed E-state index contributed by atoms with van der Waals surface area (Å²) in [6.07, 6.45) is 0. The zero-order valence-corrected chi connectivity index (χ0v) is 7.95. The SMILES string of the molecule is CCN(C)CC.NC(=O)N(N)N. The van der Waals surface area contributed by atoms with Crippen LogP contribution < -0.4 is 17.4 Å². The number of hydrogen-bond acceptors (Lipinski definition) is 4. The number of hydrazine groups is 2. The van der Waals surface area contributed by atoms with Gasteiger partial charge in [0.15, 0.2) is 0 Å². The largest absolute Gasteiger partial charge is 0.349 e. The van der Waals surface area contributed by atoms with Gasteiger partial charge in [0.2, 0.25) is 0 Å². The normalized spacial score (nSPS) is 8.83. The fourth-order valence-electron chi connectivity index (χ4n) is 0.224. The molecule has 0 radical (unpaired) electrons. The lowest BCUT2D eigenvalue weighted by atomic mass is 10.6. The second kappa shape index (κ2) is 8.25. The Morgan fingerprint density at radius 1 is 1.25 bits per heavy atom. The summed E-state index contributed by atoms with van der Waals surface area (Å²) in [4.78, 5) is 11.8. The number of primary amides is 1. The zero-order valence-electron chi connectivity index (χ0n) is 7.95. The van der Waals surface area contributed by atoms with Crippen LogP contribution in [0.15, 0.2) is 0 Å². The maximum absolute atomic E-state index is 9.60. The summed E-state index contributed by atoms with van der Waals surface area (Å²) in [5.74, 6) is 9.14. The van der Waals surface area contributed by atoms with Gasteiger partial charge in [0.05, 0.1) is 0 Å². The lowest BCUT2D eigenvalue weighted by Crippen LogP contribution is -2.46. The van der Waals surface area contributed by atoms with Crippen molar-refractivity contribution in [1.82, 2.24) is 10.0 Å². The lowest BCUT2D eigenvalue weighted by Gasteiger charge is -2.07. The van der Waals surface area contributed by atoms with E-state index < -0.39 is 6.03 Å². The first kappa shape index (κ1) is 13.7. The molecule has 12 heavy (non-hydrogen) atoms. The molecule has 0 aromatic heterocycles. The van der Waals surface area contributed by atoms with Crippen molar-refractivity contribution in [3.8, 4) is 0 Å². The molecule has 0 aliphatic carbocycles. The molecule has 0 fully saturated rings. The van der Waals surface area contributed by atoms with Crippen molar-refractivity contribution in [3.63, 3.8) is 0 Å². The molecule has 0 aromatic rings. The highest BCUT2D eigenvalue weighted by Gasteiger charge is 1.90. The van der Waals surface area contributed by atoms with Crippen molar-refractivity contribution in [2.75, 3.05) is 20.1 Å². The highest BCUT2D eigenvalue weighted by Crippen LogP contribution is 1.73. The van der Waals surface area contributed by atoms with Gasteiger partial charge in [0, 0.05) is 0 Å². The average molecular weight is 177 g/mol. The predicted molar refractivity (Wildman–Crippen MR) is 48.6 cm³/mol. The molecule has 0 aromatic carbocycles. The Bertz CT molecular complexity index is 113. The first-order valence-electron chi connectivity index (χ1n) is 3.73. The van der Waals surface area contributed by atoms with Gasteiger partial charge in [-0.05, 0) is 20.1 Å². The molecule has 74 valence electrons. The van der Waals surface area contributed by atoms with Crippen LogP contribution in [-0.2, 0) is 0 Å². The van der Waals surface area contributed by atoms with E-state index in [9.17, 15) is 4.79 Å². The standard InChI is InChI=1S/C5H13N.CH6N4O/c1-4-6(3)5-2;2-1(6)5(3)4/h4-5H2,1-3H3;3-4H2,(H2,2,6). The van der Waals surface area contributed by atoms with Crippen LogP contribution in [0.5, 0.6) is 0 Å². The number of carbonyl (C=O) groups excluding carboxylic acids is 1. The maximum atomic E-state index is 9.60. The van der Waals surface area contributed by atoms with E-state index in [4.69, 9.17) is 0 Å². The molecule has 2 amide bonds. The Balaban J connectivity index is 0. The molecular formula is C6H19N5O. The van der Waals surface area contributed by atoms with Gasteiger partial charge in [0.1, 0.15) is 0 Å². The van der Waals surface area contributed by atoms with Crippen LogP contribution in [0.2, 0.25) is 0 Å². The van der Waals surface area contributed by atoms with Gasteiger partial charge in [-0.2, -0.15) is 5.12 Å². The van der Waals surface area contributed by atoms with E-state index >= 15 is 0 Å². The summed E-state index contributed by atoms with van der Waals surface area (Å²) in [6, 6.07) is -0.852. The molecule has 0 rings (SSSR count). The Morgan fingerprint density at radius 2 is 1.50 bits per heavy atom. The summed E-state index contributed by atoms with van der Waals surface area (Å²) >= 11 is 0. The molecule has 0 saturated heterocycles. The van der Waals surface area contributed by atoms with Crippen LogP contribution >= 0.6 is 0 Å². The first-order chi connectivity index (χ1) is 5.45. The van der Waals surface area contributed by atoms with Crippen LogP contribution in [-0.4, -0.2) is 36.2 Å². The van der Waals surface area contributed by atoms with E-state index in [0.29, 0.717) is 5.12 Å². The topological polar surface area (TPSA) is 102 Å². The number of carbonyl (C=O) groups is 1. The van der Waals surface area contributed by atoms with E-state index in [1.54, 1.807) is 0 Å². The monoisotopic (exact) mass is 177 g/mol. The molecule has 0 atom stereocenters. The minimum absolute atomic E-state index is 0.306. The first-order valence-corrected chi connectivity index (χ1v) is 3.73. The highest BCUT2D eigenvalue weighted by atomic mass is 16.2. The molecule has 6 nitrogen and oxygen atoms in total. The predicted octanol–water partition coefficient (Wildman–Crippen LogP) is -0.927. The number of nitrogens with zero attached hydrogens (tertiary/aromatic N) is 2. The summed E-state index contributed by atoms with van der Waals surface area (Å²) < 4.78 is 0. The second-order valence-electron chi connectivity index (χ2n) is 2.23. The van der Waals surface area contributed by atoms with E-state index in [2.05, 4.69) is 43.2 Å². The van der Waals surface area contributed by atoms with Gasteiger partial charge in [-0.25, -0.2) is 16.5 Å². The van der Waals surface area contributed by atoms with E-state index in [1.807, 2.05) is 0 Å². The van der Waals surface area contributed by atoms with E-state index in [-0.39, 0.29) is 0 Å². The molecule has 0 unspecified atom stereocenters. The van der Waals surface area contributed by atoms with Gasteiger partial charge >= 0.3 is 6.03 Å². The average Bonchev–Trinajstić information content (AvgIpc) is 2.04. The summed E-state index contributed by atoms with van der Waals surface area (Å²) in [5, 5.41) is 0.306. The molecule has 0 aliphatic rings. The number of hydrogen-bond donors (Lipinski definition) is 3. The van der Waals surface area contributed by atoms with E-state index in [0.717, 1.165) is 13.1 Å². The van der Waals surface area contributed by atoms with Crippen molar-refractivity contribution in [2.24, 2.45) is 17.4 Å². The smallest absolute Gasteiger partial charge is 0.343 e. The van der Waals surface area contributed by atoms with E-state index in [1.165, 1.54) is 0 Å². The maximum Gasteiger partial charge on any atom is 0.343 e. The third kappa shape index (κ3) is 11.9. The zero-order chi connectivity index (χ0) is 10.1. The van der Waals surface area contributed by atoms with Crippen molar-refractivity contribution in [1.29, 1.82) is 0 Å². The van der Waals surface area contributed by atoms with Crippen LogP contribution in [0.1, 0.15) is 13.8 Å². The van der Waals surface area contributed by atoms with Crippen LogP contribution in [0, 0.1) is 0 Å². The molecule has 0 saturated carbocycles. The number of amides is 2. The van der Waals surface area contributed by atoms with Gasteiger partial charge in [-0.3, -0.25) is 0 Å². The summed E-state index contributed by atoms with van der Waals surface area (Å²) in [6.45, 7) is 6.64. The third-order valence-electron chi connectivity index (χ3n) is 1.33. The van der Waals surface area contributed by atoms with Crippen LogP contribution in [0.25, 0.3) is 0 Å².